The summed E-state index contributed by atoms with van der Waals surface area (Å²) in [5.74, 6) is 0.734. The van der Waals surface area contributed by atoms with Gasteiger partial charge in [0.25, 0.3) is 5.91 Å². The second-order valence-electron chi connectivity index (χ2n) is 7.90. The van der Waals surface area contributed by atoms with Crippen LogP contribution in [0.2, 0.25) is 0 Å². The normalized spacial score (nSPS) is 13.5. The number of thiazole rings is 1. The van der Waals surface area contributed by atoms with Crippen molar-refractivity contribution in [1.29, 1.82) is 0 Å². The highest BCUT2D eigenvalue weighted by atomic mass is 32.1. The molecule has 1 aliphatic rings. The second kappa shape index (κ2) is 9.40. The van der Waals surface area contributed by atoms with E-state index in [2.05, 4.69) is 15.6 Å². The first-order valence-corrected chi connectivity index (χ1v) is 11.3. The Morgan fingerprint density at radius 2 is 1.81 bits per heavy atom. The molecule has 1 aliphatic heterocycles. The van der Waals surface area contributed by atoms with Gasteiger partial charge in [-0.15, -0.1) is 11.3 Å². The number of rotatable bonds is 6. The predicted molar refractivity (Wildman–Crippen MR) is 124 cm³/mol. The average molecular weight is 452 g/mol. The van der Waals surface area contributed by atoms with Crippen molar-refractivity contribution in [3.05, 3.63) is 59.0 Å². The molecule has 166 valence electrons. The number of fused-ring (bicyclic) bond motifs is 1. The zero-order chi connectivity index (χ0) is 22.7. The van der Waals surface area contributed by atoms with Gasteiger partial charge in [-0.25, -0.2) is 4.98 Å². The Balaban J connectivity index is 1.46. The van der Waals surface area contributed by atoms with Crippen molar-refractivity contribution in [2.24, 2.45) is 5.92 Å². The highest BCUT2D eigenvalue weighted by Crippen LogP contribution is 2.35. The number of hydrogen-bond donors (Lipinski definition) is 2. The Hall–Kier alpha value is -3.39. The van der Waals surface area contributed by atoms with Crippen molar-refractivity contribution < 1.29 is 19.1 Å². The summed E-state index contributed by atoms with van der Waals surface area (Å²) in [6.07, 6.45) is 0. The third-order valence-electron chi connectivity index (χ3n) is 5.20. The molecule has 32 heavy (non-hydrogen) atoms. The van der Waals surface area contributed by atoms with Crippen molar-refractivity contribution >= 4 is 28.3 Å². The average Bonchev–Trinajstić information content (AvgIpc) is 3.25. The minimum Gasteiger partial charge on any atom is -0.486 e. The molecule has 0 radical (unpaired) electrons. The number of aryl methyl sites for hydroxylation is 1. The standard InChI is InChI=1S/C24H25N3O4S/c1-14(2)21(26-22(28)17-7-5-4-6-15(17)3)23(29)27-24-25-18(13-32-24)16-8-9-19-20(12-16)31-11-10-30-19/h4-9,12-14,21H,10-11H2,1-3H3,(H,26,28)(H,25,27,29). The fourth-order valence-corrected chi connectivity index (χ4v) is 4.15. The Labute approximate surface area is 190 Å². The summed E-state index contributed by atoms with van der Waals surface area (Å²) in [6, 6.07) is 12.3. The van der Waals surface area contributed by atoms with Gasteiger partial charge in [-0.1, -0.05) is 32.0 Å². The summed E-state index contributed by atoms with van der Waals surface area (Å²) in [4.78, 5) is 30.2. The number of amides is 2. The van der Waals surface area contributed by atoms with E-state index in [-0.39, 0.29) is 17.7 Å². The number of benzene rings is 2. The van der Waals surface area contributed by atoms with Crippen LogP contribution in [0.4, 0.5) is 5.13 Å². The molecule has 0 aliphatic carbocycles. The zero-order valence-electron chi connectivity index (χ0n) is 18.2. The fraction of sp³-hybridized carbons (Fsp3) is 0.292. The molecule has 1 aromatic heterocycles. The predicted octanol–water partition coefficient (Wildman–Crippen LogP) is 4.28. The molecule has 2 N–H and O–H groups in total. The van der Waals surface area contributed by atoms with E-state index >= 15 is 0 Å². The first kappa shape index (κ1) is 21.8. The van der Waals surface area contributed by atoms with Crippen LogP contribution >= 0.6 is 11.3 Å². The maximum Gasteiger partial charge on any atom is 0.252 e. The van der Waals surface area contributed by atoms with E-state index in [9.17, 15) is 9.59 Å². The van der Waals surface area contributed by atoms with Gasteiger partial charge in [-0.05, 0) is 42.7 Å². The van der Waals surface area contributed by atoms with Gasteiger partial charge in [0.05, 0.1) is 5.69 Å². The van der Waals surface area contributed by atoms with Gasteiger partial charge in [-0.2, -0.15) is 0 Å². The van der Waals surface area contributed by atoms with Gasteiger partial charge in [0.2, 0.25) is 5.91 Å². The monoisotopic (exact) mass is 451 g/mol. The number of nitrogens with one attached hydrogen (secondary N) is 2. The van der Waals surface area contributed by atoms with Crippen LogP contribution in [-0.2, 0) is 4.79 Å². The van der Waals surface area contributed by atoms with Crippen molar-refractivity contribution in [3.63, 3.8) is 0 Å². The summed E-state index contributed by atoms with van der Waals surface area (Å²) in [5.41, 5.74) is 3.02. The van der Waals surface area contributed by atoms with E-state index in [0.717, 1.165) is 16.8 Å². The van der Waals surface area contributed by atoms with Crippen LogP contribution in [0.3, 0.4) is 0 Å². The topological polar surface area (TPSA) is 89.6 Å². The Morgan fingerprint density at radius 3 is 2.56 bits per heavy atom. The lowest BCUT2D eigenvalue weighted by Crippen LogP contribution is -2.47. The van der Waals surface area contributed by atoms with E-state index in [1.54, 1.807) is 12.1 Å². The summed E-state index contributed by atoms with van der Waals surface area (Å²) < 4.78 is 11.2. The molecule has 2 aromatic carbocycles. The fourth-order valence-electron chi connectivity index (χ4n) is 3.43. The van der Waals surface area contributed by atoms with Crippen LogP contribution in [0.5, 0.6) is 11.5 Å². The number of anilines is 1. The molecule has 0 saturated carbocycles. The molecule has 7 nitrogen and oxygen atoms in total. The first-order chi connectivity index (χ1) is 15.4. The molecule has 2 amide bonds. The van der Waals surface area contributed by atoms with Crippen molar-refractivity contribution in [2.45, 2.75) is 26.8 Å². The third-order valence-corrected chi connectivity index (χ3v) is 5.96. The largest absolute Gasteiger partial charge is 0.486 e. The van der Waals surface area contributed by atoms with E-state index in [1.165, 1.54) is 11.3 Å². The molecule has 8 heteroatoms. The second-order valence-corrected chi connectivity index (χ2v) is 8.75. The Morgan fingerprint density at radius 1 is 1.06 bits per heavy atom. The molecule has 3 aromatic rings. The van der Waals surface area contributed by atoms with Gasteiger partial charge < -0.3 is 20.1 Å². The molecule has 0 spiro atoms. The van der Waals surface area contributed by atoms with Gasteiger partial charge in [0.15, 0.2) is 16.6 Å². The minimum absolute atomic E-state index is 0.0970. The summed E-state index contributed by atoms with van der Waals surface area (Å²) in [7, 11) is 0. The van der Waals surface area contributed by atoms with Crippen LogP contribution in [-0.4, -0.2) is 36.1 Å². The highest BCUT2D eigenvalue weighted by molar-refractivity contribution is 7.14. The molecule has 2 heterocycles. The number of nitrogens with zero attached hydrogens (tertiary/aromatic N) is 1. The number of carbonyl (C=O) groups excluding carboxylic acids is 2. The van der Waals surface area contributed by atoms with E-state index in [0.29, 0.717) is 35.4 Å². The highest BCUT2D eigenvalue weighted by Gasteiger charge is 2.26. The SMILES string of the molecule is Cc1ccccc1C(=O)NC(C(=O)Nc1nc(-c2ccc3c(c2)OCCO3)cs1)C(C)C. The molecule has 0 fully saturated rings. The van der Waals surface area contributed by atoms with Gasteiger partial charge in [-0.3, -0.25) is 9.59 Å². The number of carbonyl (C=O) groups is 2. The van der Waals surface area contributed by atoms with Crippen molar-refractivity contribution in [1.82, 2.24) is 10.3 Å². The Bertz CT molecular complexity index is 1140. The molecule has 1 unspecified atom stereocenters. The lowest BCUT2D eigenvalue weighted by Gasteiger charge is -2.21. The van der Waals surface area contributed by atoms with Gasteiger partial charge in [0.1, 0.15) is 19.3 Å². The maximum absolute atomic E-state index is 12.9. The summed E-state index contributed by atoms with van der Waals surface area (Å²) in [6.45, 7) is 6.71. The van der Waals surface area contributed by atoms with E-state index in [1.807, 2.05) is 56.5 Å². The minimum atomic E-state index is -0.691. The quantitative estimate of drug-likeness (QED) is 0.584. The summed E-state index contributed by atoms with van der Waals surface area (Å²) in [5, 5.41) is 8.05. The molecule has 4 rings (SSSR count). The lowest BCUT2D eigenvalue weighted by atomic mass is 10.0. The van der Waals surface area contributed by atoms with E-state index in [4.69, 9.17) is 9.47 Å². The van der Waals surface area contributed by atoms with Crippen LogP contribution in [0.15, 0.2) is 47.8 Å². The third kappa shape index (κ3) is 4.75. The van der Waals surface area contributed by atoms with Crippen LogP contribution < -0.4 is 20.1 Å². The molecular formula is C24H25N3O4S. The van der Waals surface area contributed by atoms with Crippen LogP contribution in [0.25, 0.3) is 11.3 Å². The van der Waals surface area contributed by atoms with Gasteiger partial charge in [0, 0.05) is 16.5 Å². The molecular weight excluding hydrogens is 426 g/mol. The van der Waals surface area contributed by atoms with E-state index < -0.39 is 6.04 Å². The first-order valence-electron chi connectivity index (χ1n) is 10.5. The number of hydrogen-bond acceptors (Lipinski definition) is 6. The zero-order valence-corrected chi connectivity index (χ0v) is 19.0. The molecule has 0 saturated heterocycles. The molecule has 1 atom stereocenters. The van der Waals surface area contributed by atoms with Crippen molar-refractivity contribution in [2.75, 3.05) is 18.5 Å². The van der Waals surface area contributed by atoms with Crippen LogP contribution in [0, 0.1) is 12.8 Å². The Kier molecular flexibility index (Phi) is 6.41. The lowest BCUT2D eigenvalue weighted by molar-refractivity contribution is -0.118. The smallest absolute Gasteiger partial charge is 0.252 e. The molecule has 0 bridgehead atoms. The number of ether oxygens (including phenoxy) is 2. The van der Waals surface area contributed by atoms with Crippen LogP contribution in [0.1, 0.15) is 29.8 Å². The summed E-state index contributed by atoms with van der Waals surface area (Å²) >= 11 is 1.33. The number of aromatic nitrogens is 1. The van der Waals surface area contributed by atoms with Gasteiger partial charge >= 0.3 is 0 Å². The maximum atomic E-state index is 12.9. The van der Waals surface area contributed by atoms with Crippen molar-refractivity contribution in [3.8, 4) is 22.8 Å².